The van der Waals surface area contributed by atoms with Crippen LogP contribution >= 0.6 is 11.3 Å². The third-order valence-corrected chi connectivity index (χ3v) is 2.30. The molecule has 0 bridgehead atoms. The van der Waals surface area contributed by atoms with E-state index in [-0.39, 0.29) is 0 Å². The van der Waals surface area contributed by atoms with E-state index in [2.05, 4.69) is 9.82 Å². The lowest BCUT2D eigenvalue weighted by molar-refractivity contribution is 0.333. The molecule has 0 aliphatic heterocycles. The molecule has 0 spiro atoms. The number of thiazole rings is 1. The van der Waals surface area contributed by atoms with Gasteiger partial charge in [-0.1, -0.05) is 23.5 Å². The van der Waals surface area contributed by atoms with Crippen LogP contribution in [-0.2, 0) is 0 Å². The fourth-order valence-electron chi connectivity index (χ4n) is 0.901. The average Bonchev–Trinajstić information content (AvgIpc) is 2.46. The molecule has 4 heteroatoms. The van der Waals surface area contributed by atoms with Crippen LogP contribution in [0.5, 0.6) is 5.19 Å². The number of hydrogen-bond acceptors (Lipinski definition) is 4. The van der Waals surface area contributed by atoms with E-state index in [1.54, 1.807) is 0 Å². The number of nitrogens with two attached hydrogens (primary N) is 1. The number of para-hydroxylation sites is 1. The smallest absolute Gasteiger partial charge is 0.295 e. The third-order valence-electron chi connectivity index (χ3n) is 1.38. The number of hydrogen-bond donors (Lipinski definition) is 1. The fraction of sp³-hybridized carbons (Fsp3) is 0. The SMILES string of the molecule is NOc1nc2ccccc2s1. The van der Waals surface area contributed by atoms with Crippen molar-refractivity contribution in [1.82, 2.24) is 4.98 Å². The molecule has 2 N–H and O–H groups in total. The monoisotopic (exact) mass is 166 g/mol. The second kappa shape index (κ2) is 2.48. The van der Waals surface area contributed by atoms with Crippen molar-refractivity contribution in [2.75, 3.05) is 0 Å². The van der Waals surface area contributed by atoms with Gasteiger partial charge in [0.2, 0.25) is 0 Å². The number of aromatic nitrogens is 1. The number of benzene rings is 1. The minimum atomic E-state index is 0.506. The maximum atomic E-state index is 4.96. The van der Waals surface area contributed by atoms with E-state index >= 15 is 0 Å². The van der Waals surface area contributed by atoms with Gasteiger partial charge < -0.3 is 4.84 Å². The molecular formula is C7H6N2OS. The van der Waals surface area contributed by atoms with E-state index in [4.69, 9.17) is 5.90 Å². The summed E-state index contributed by atoms with van der Waals surface area (Å²) in [6.07, 6.45) is 0. The number of fused-ring (bicyclic) bond motifs is 1. The Balaban J connectivity index is 2.69. The summed E-state index contributed by atoms with van der Waals surface area (Å²) in [5.41, 5.74) is 0.929. The zero-order chi connectivity index (χ0) is 7.68. The Labute approximate surface area is 67.4 Å². The van der Waals surface area contributed by atoms with E-state index in [0.29, 0.717) is 5.19 Å². The summed E-state index contributed by atoms with van der Waals surface area (Å²) in [6.45, 7) is 0. The third kappa shape index (κ3) is 1.06. The van der Waals surface area contributed by atoms with Gasteiger partial charge in [0.05, 0.1) is 10.2 Å². The molecule has 1 aromatic heterocycles. The Morgan fingerprint density at radius 3 is 2.91 bits per heavy atom. The molecule has 0 aliphatic rings. The van der Waals surface area contributed by atoms with Crippen molar-refractivity contribution in [3.63, 3.8) is 0 Å². The fourth-order valence-corrected chi connectivity index (χ4v) is 1.65. The molecule has 0 atom stereocenters. The number of nitrogens with zero attached hydrogens (tertiary/aromatic N) is 1. The molecule has 0 unspecified atom stereocenters. The van der Waals surface area contributed by atoms with E-state index in [0.717, 1.165) is 10.2 Å². The summed E-state index contributed by atoms with van der Waals surface area (Å²) in [6, 6.07) is 7.80. The lowest BCUT2D eigenvalue weighted by Crippen LogP contribution is -2.00. The highest BCUT2D eigenvalue weighted by atomic mass is 32.1. The molecule has 0 radical (unpaired) electrons. The van der Waals surface area contributed by atoms with Crippen LogP contribution in [0.15, 0.2) is 24.3 Å². The van der Waals surface area contributed by atoms with Crippen LogP contribution in [0.2, 0.25) is 0 Å². The second-order valence-corrected chi connectivity index (χ2v) is 3.06. The van der Waals surface area contributed by atoms with E-state index in [1.165, 1.54) is 11.3 Å². The first kappa shape index (κ1) is 6.57. The Morgan fingerprint density at radius 2 is 2.18 bits per heavy atom. The van der Waals surface area contributed by atoms with Gasteiger partial charge in [0.25, 0.3) is 5.19 Å². The van der Waals surface area contributed by atoms with Crippen LogP contribution in [0.4, 0.5) is 0 Å². The van der Waals surface area contributed by atoms with Gasteiger partial charge in [-0.2, -0.15) is 5.90 Å². The molecule has 56 valence electrons. The molecule has 0 fully saturated rings. The van der Waals surface area contributed by atoms with Gasteiger partial charge in [-0.3, -0.25) is 0 Å². The predicted molar refractivity (Wildman–Crippen MR) is 44.4 cm³/mol. The topological polar surface area (TPSA) is 48.1 Å². The zero-order valence-corrected chi connectivity index (χ0v) is 6.47. The van der Waals surface area contributed by atoms with Crippen molar-refractivity contribution < 1.29 is 4.84 Å². The molecule has 1 heterocycles. The normalized spacial score (nSPS) is 10.3. The van der Waals surface area contributed by atoms with Crippen molar-refractivity contribution in [2.24, 2.45) is 5.90 Å². The Kier molecular flexibility index (Phi) is 1.48. The van der Waals surface area contributed by atoms with Crippen LogP contribution in [0.1, 0.15) is 0 Å². The Bertz CT molecular complexity index is 338. The summed E-state index contributed by atoms with van der Waals surface area (Å²) < 4.78 is 1.09. The van der Waals surface area contributed by atoms with Gasteiger partial charge in [0.1, 0.15) is 0 Å². The van der Waals surface area contributed by atoms with Crippen LogP contribution in [0.3, 0.4) is 0 Å². The molecule has 0 saturated carbocycles. The molecule has 2 rings (SSSR count). The van der Waals surface area contributed by atoms with E-state index < -0.39 is 0 Å². The van der Waals surface area contributed by atoms with Gasteiger partial charge in [-0.25, -0.2) is 4.98 Å². The Morgan fingerprint density at radius 1 is 1.36 bits per heavy atom. The van der Waals surface area contributed by atoms with Crippen molar-refractivity contribution >= 4 is 21.6 Å². The minimum absolute atomic E-state index is 0.506. The first-order chi connectivity index (χ1) is 5.40. The largest absolute Gasteiger partial charge is 0.380 e. The van der Waals surface area contributed by atoms with Gasteiger partial charge in [0.15, 0.2) is 0 Å². The first-order valence-corrected chi connectivity index (χ1v) is 3.94. The van der Waals surface area contributed by atoms with Crippen molar-refractivity contribution in [3.8, 4) is 5.19 Å². The lowest BCUT2D eigenvalue weighted by Gasteiger charge is -1.83. The second-order valence-electron chi connectivity index (χ2n) is 2.07. The van der Waals surface area contributed by atoms with Gasteiger partial charge >= 0.3 is 0 Å². The van der Waals surface area contributed by atoms with E-state index in [9.17, 15) is 0 Å². The van der Waals surface area contributed by atoms with Gasteiger partial charge in [-0.15, -0.1) is 0 Å². The molecule has 1 aromatic carbocycles. The lowest BCUT2D eigenvalue weighted by atomic mass is 10.3. The van der Waals surface area contributed by atoms with Crippen LogP contribution in [0, 0.1) is 0 Å². The molecular weight excluding hydrogens is 160 g/mol. The standard InChI is InChI=1S/C7H6N2OS/c8-10-7-9-5-3-1-2-4-6(5)11-7/h1-4H,8H2. The summed E-state index contributed by atoms with van der Waals surface area (Å²) in [4.78, 5) is 8.61. The zero-order valence-electron chi connectivity index (χ0n) is 5.65. The minimum Gasteiger partial charge on any atom is -0.380 e. The van der Waals surface area contributed by atoms with Crippen LogP contribution in [0.25, 0.3) is 10.2 Å². The quantitative estimate of drug-likeness (QED) is 0.654. The first-order valence-electron chi connectivity index (χ1n) is 3.12. The summed E-state index contributed by atoms with van der Waals surface area (Å²) in [7, 11) is 0. The van der Waals surface area contributed by atoms with Crippen molar-refractivity contribution in [3.05, 3.63) is 24.3 Å². The highest BCUT2D eigenvalue weighted by Crippen LogP contribution is 2.25. The highest BCUT2D eigenvalue weighted by Gasteiger charge is 2.00. The maximum Gasteiger partial charge on any atom is 0.295 e. The maximum absolute atomic E-state index is 4.96. The van der Waals surface area contributed by atoms with Gasteiger partial charge in [0, 0.05) is 0 Å². The molecule has 3 nitrogen and oxygen atoms in total. The highest BCUT2D eigenvalue weighted by molar-refractivity contribution is 7.20. The molecule has 11 heavy (non-hydrogen) atoms. The predicted octanol–water partition coefficient (Wildman–Crippen LogP) is 1.55. The summed E-state index contributed by atoms with van der Waals surface area (Å²) in [5, 5.41) is 0.506. The number of rotatable bonds is 1. The summed E-state index contributed by atoms with van der Waals surface area (Å²) >= 11 is 1.44. The molecule has 0 amide bonds. The van der Waals surface area contributed by atoms with Crippen LogP contribution in [-0.4, -0.2) is 4.98 Å². The molecule has 0 saturated heterocycles. The Hall–Kier alpha value is -1.13. The van der Waals surface area contributed by atoms with Gasteiger partial charge in [-0.05, 0) is 12.1 Å². The van der Waals surface area contributed by atoms with Crippen molar-refractivity contribution in [1.29, 1.82) is 0 Å². The molecule has 0 aliphatic carbocycles. The molecule has 2 aromatic rings. The van der Waals surface area contributed by atoms with E-state index in [1.807, 2.05) is 24.3 Å². The van der Waals surface area contributed by atoms with Crippen LogP contribution < -0.4 is 10.7 Å². The van der Waals surface area contributed by atoms with Crippen molar-refractivity contribution in [2.45, 2.75) is 0 Å². The summed E-state index contributed by atoms with van der Waals surface area (Å²) in [5.74, 6) is 4.96. The average molecular weight is 166 g/mol.